The van der Waals surface area contributed by atoms with Gasteiger partial charge in [0.2, 0.25) is 0 Å². The number of allylic oxidation sites excluding steroid dienone is 1. The first kappa shape index (κ1) is 27.7. The van der Waals surface area contributed by atoms with E-state index in [4.69, 9.17) is 9.73 Å². The lowest BCUT2D eigenvalue weighted by atomic mass is 9.94. The third-order valence-corrected chi connectivity index (χ3v) is 9.13. The van der Waals surface area contributed by atoms with Crippen molar-refractivity contribution in [1.29, 1.82) is 0 Å². The summed E-state index contributed by atoms with van der Waals surface area (Å²) in [5, 5.41) is 2.35. The number of hydrogen-bond donors (Lipinski definition) is 0. The number of carbonyl (C=O) groups is 1. The van der Waals surface area contributed by atoms with E-state index >= 15 is 0 Å². The maximum absolute atomic E-state index is 14.2. The highest BCUT2D eigenvalue weighted by molar-refractivity contribution is 7.07. The summed E-state index contributed by atoms with van der Waals surface area (Å²) >= 11 is 1.35. The second-order valence-electron chi connectivity index (χ2n) is 10.3. The van der Waals surface area contributed by atoms with Crippen LogP contribution in [0.2, 0.25) is 0 Å². The van der Waals surface area contributed by atoms with E-state index in [1.54, 1.807) is 16.6 Å². The average molecular weight is 579 g/mol. The fraction of sp³-hybridized carbons (Fsp3) is 0.265. The fourth-order valence-corrected chi connectivity index (χ4v) is 7.16. The number of likely N-dealkylation sites (N-methyl/N-ethyl adjacent to an activating group) is 1. The predicted molar refractivity (Wildman–Crippen MR) is 170 cm³/mol. The van der Waals surface area contributed by atoms with Gasteiger partial charge in [0.1, 0.15) is 11.8 Å². The van der Waals surface area contributed by atoms with Crippen LogP contribution < -0.4 is 19.6 Å². The summed E-state index contributed by atoms with van der Waals surface area (Å²) in [7, 11) is 1.61. The normalized spacial score (nSPS) is 15.3. The first-order valence-electron chi connectivity index (χ1n) is 14.4. The smallest absolute Gasteiger partial charge is 0.271 e. The Morgan fingerprint density at radius 1 is 1.00 bits per heavy atom. The first-order chi connectivity index (χ1) is 20.4. The number of rotatable bonds is 7. The van der Waals surface area contributed by atoms with Gasteiger partial charge in [-0.15, -0.1) is 0 Å². The minimum atomic E-state index is -0.655. The van der Waals surface area contributed by atoms with Crippen LogP contribution in [0.5, 0.6) is 5.75 Å². The van der Waals surface area contributed by atoms with Crippen molar-refractivity contribution < 1.29 is 9.53 Å². The largest absolute Gasteiger partial charge is 0.496 e. The Kier molecular flexibility index (Phi) is 7.33. The molecule has 1 atom stereocenters. The van der Waals surface area contributed by atoms with Gasteiger partial charge in [-0.25, -0.2) is 4.99 Å². The molecule has 0 bridgehead atoms. The summed E-state index contributed by atoms with van der Waals surface area (Å²) in [6.45, 7) is 9.92. The van der Waals surface area contributed by atoms with Crippen molar-refractivity contribution in [2.45, 2.75) is 40.3 Å². The van der Waals surface area contributed by atoms with Crippen LogP contribution in [0.15, 0.2) is 87.8 Å². The molecule has 2 aromatic heterocycles. The van der Waals surface area contributed by atoms with Crippen molar-refractivity contribution in [3.63, 3.8) is 0 Å². The number of thiazole rings is 1. The number of para-hydroxylation sites is 2. The first-order valence-corrected chi connectivity index (χ1v) is 15.2. The van der Waals surface area contributed by atoms with E-state index in [1.807, 2.05) is 51.1 Å². The standard InChI is InChI=1S/C34H34N4O3S/c1-6-36(7-2)33(40)30-21(4)35-34-38(31(30)24-14-10-12-16-28(24)41-5)32(39)29(42-34)20-22-17-18-27-25(19-22)23-13-9-11-15-26(23)37(27)8-3/h9-20,31H,6-8H2,1-5H3/b29-20+/t31-/m1/s1. The third kappa shape index (κ3) is 4.38. The fourth-order valence-electron chi connectivity index (χ4n) is 6.12. The number of ether oxygens (including phenoxy) is 1. The number of nitrogens with zero attached hydrogens (tertiary/aromatic N) is 4. The van der Waals surface area contributed by atoms with Gasteiger partial charge in [-0.2, -0.15) is 0 Å². The minimum absolute atomic E-state index is 0.121. The Morgan fingerprint density at radius 3 is 2.45 bits per heavy atom. The number of fused-ring (bicyclic) bond motifs is 4. The molecular formula is C34H34N4O3S. The maximum atomic E-state index is 14.2. The van der Waals surface area contributed by atoms with Crippen molar-refractivity contribution in [2.75, 3.05) is 20.2 Å². The van der Waals surface area contributed by atoms with Crippen LogP contribution in [-0.4, -0.2) is 40.1 Å². The van der Waals surface area contributed by atoms with E-state index in [0.717, 1.165) is 23.1 Å². The molecule has 0 saturated heterocycles. The van der Waals surface area contributed by atoms with Gasteiger partial charge in [-0.1, -0.05) is 53.8 Å². The molecule has 0 fully saturated rings. The van der Waals surface area contributed by atoms with Crippen molar-refractivity contribution in [3.8, 4) is 5.75 Å². The molecule has 0 radical (unpaired) electrons. The van der Waals surface area contributed by atoms with Gasteiger partial charge in [-0.3, -0.25) is 14.2 Å². The molecule has 0 saturated carbocycles. The van der Waals surface area contributed by atoms with E-state index in [9.17, 15) is 9.59 Å². The lowest BCUT2D eigenvalue weighted by Crippen LogP contribution is -2.43. The molecule has 1 aliphatic rings. The Bertz CT molecular complexity index is 2060. The van der Waals surface area contributed by atoms with Gasteiger partial charge in [0.15, 0.2) is 4.80 Å². The topological polar surface area (TPSA) is 68.8 Å². The molecule has 0 unspecified atom stereocenters. The second-order valence-corrected chi connectivity index (χ2v) is 11.3. The molecule has 7 nitrogen and oxygen atoms in total. The molecule has 8 heteroatoms. The van der Waals surface area contributed by atoms with Gasteiger partial charge in [-0.05, 0) is 63.6 Å². The Labute approximate surface area is 248 Å². The molecule has 0 spiro atoms. The molecule has 0 aliphatic carbocycles. The van der Waals surface area contributed by atoms with E-state index in [-0.39, 0.29) is 11.5 Å². The number of benzene rings is 3. The average Bonchev–Trinajstić information content (AvgIpc) is 3.49. The minimum Gasteiger partial charge on any atom is -0.496 e. The molecule has 6 rings (SSSR count). The highest BCUT2D eigenvalue weighted by Crippen LogP contribution is 2.36. The van der Waals surface area contributed by atoms with Gasteiger partial charge in [0.25, 0.3) is 11.5 Å². The lowest BCUT2D eigenvalue weighted by molar-refractivity contribution is -0.127. The summed E-state index contributed by atoms with van der Waals surface area (Å²) in [6, 6.07) is 21.7. The van der Waals surface area contributed by atoms with Crippen LogP contribution in [0.3, 0.4) is 0 Å². The number of carbonyl (C=O) groups excluding carboxylic acids is 1. The molecule has 3 heterocycles. The van der Waals surface area contributed by atoms with Crippen LogP contribution in [0.25, 0.3) is 27.9 Å². The number of methoxy groups -OCH3 is 1. The highest BCUT2D eigenvalue weighted by atomic mass is 32.1. The van der Waals surface area contributed by atoms with E-state index in [2.05, 4.69) is 54.0 Å². The molecule has 1 amide bonds. The van der Waals surface area contributed by atoms with Crippen LogP contribution in [0.1, 0.15) is 44.9 Å². The SMILES string of the molecule is CCN(CC)C(=O)C1=C(C)N=c2s/c(=C/c3ccc4c(c3)c3ccccc3n4CC)c(=O)n2[C@@H]1c1ccccc1OC. The predicted octanol–water partition coefficient (Wildman–Crippen LogP) is 5.24. The Morgan fingerprint density at radius 2 is 1.71 bits per heavy atom. The summed E-state index contributed by atoms with van der Waals surface area (Å²) < 4.78 is 10.3. The quantitative estimate of drug-likeness (QED) is 0.265. The van der Waals surface area contributed by atoms with E-state index in [0.29, 0.717) is 39.4 Å². The van der Waals surface area contributed by atoms with Gasteiger partial charge in [0, 0.05) is 47.0 Å². The van der Waals surface area contributed by atoms with Gasteiger partial charge < -0.3 is 14.2 Å². The number of aromatic nitrogens is 2. The Balaban J connectivity index is 1.57. The van der Waals surface area contributed by atoms with Crippen molar-refractivity contribution in [1.82, 2.24) is 14.0 Å². The number of aryl methyl sites for hydroxylation is 1. The monoisotopic (exact) mass is 578 g/mol. The number of hydrogen-bond acceptors (Lipinski definition) is 5. The van der Waals surface area contributed by atoms with Crippen molar-refractivity contribution in [2.24, 2.45) is 4.99 Å². The molecule has 1 aliphatic heterocycles. The van der Waals surface area contributed by atoms with E-state index < -0.39 is 6.04 Å². The zero-order chi connectivity index (χ0) is 29.5. The zero-order valence-electron chi connectivity index (χ0n) is 24.5. The summed E-state index contributed by atoms with van der Waals surface area (Å²) in [4.78, 5) is 35.2. The maximum Gasteiger partial charge on any atom is 0.271 e. The third-order valence-electron chi connectivity index (χ3n) is 8.15. The number of amides is 1. The zero-order valence-corrected chi connectivity index (χ0v) is 25.4. The lowest BCUT2D eigenvalue weighted by Gasteiger charge is -2.29. The van der Waals surface area contributed by atoms with Crippen LogP contribution in [-0.2, 0) is 11.3 Å². The molecule has 42 heavy (non-hydrogen) atoms. The molecule has 3 aromatic carbocycles. The van der Waals surface area contributed by atoms with Crippen LogP contribution in [0, 0.1) is 0 Å². The second kappa shape index (κ2) is 11.1. The molecule has 214 valence electrons. The summed E-state index contributed by atoms with van der Waals surface area (Å²) in [5.74, 6) is 0.499. The van der Waals surface area contributed by atoms with Crippen molar-refractivity contribution in [3.05, 3.63) is 109 Å². The van der Waals surface area contributed by atoms with Crippen LogP contribution in [0.4, 0.5) is 0 Å². The van der Waals surface area contributed by atoms with Gasteiger partial charge >= 0.3 is 0 Å². The highest BCUT2D eigenvalue weighted by Gasteiger charge is 2.35. The van der Waals surface area contributed by atoms with Crippen molar-refractivity contribution >= 4 is 45.1 Å². The van der Waals surface area contributed by atoms with Crippen LogP contribution >= 0.6 is 11.3 Å². The molecule has 5 aromatic rings. The molecule has 0 N–H and O–H groups in total. The molecular weight excluding hydrogens is 544 g/mol. The summed E-state index contributed by atoms with van der Waals surface area (Å²) in [6.07, 6.45) is 1.94. The van der Waals surface area contributed by atoms with E-state index in [1.165, 1.54) is 27.8 Å². The Hall–Kier alpha value is -4.43. The van der Waals surface area contributed by atoms with Gasteiger partial charge in [0.05, 0.1) is 22.9 Å². The summed E-state index contributed by atoms with van der Waals surface area (Å²) in [5.41, 5.74) is 5.00.